The number of hydrogen-bond donors (Lipinski definition) is 1. The molecule has 1 aromatic rings. The van der Waals surface area contributed by atoms with Crippen molar-refractivity contribution in [3.8, 4) is 0 Å². The number of benzene rings is 1. The summed E-state index contributed by atoms with van der Waals surface area (Å²) in [5.41, 5.74) is 1.41. The topological polar surface area (TPSA) is 12.0 Å². The van der Waals surface area contributed by atoms with Gasteiger partial charge in [-0.2, -0.15) is 0 Å². The second-order valence-electron chi connectivity index (χ2n) is 5.16. The van der Waals surface area contributed by atoms with Gasteiger partial charge in [-0.3, -0.25) is 0 Å². The summed E-state index contributed by atoms with van der Waals surface area (Å²) in [6.45, 7) is 4.46. The van der Waals surface area contributed by atoms with Crippen LogP contribution in [-0.4, -0.2) is 48.5 Å². The molecule has 0 saturated carbocycles. The minimum atomic E-state index is 1.03. The van der Waals surface area contributed by atoms with Crippen LogP contribution in [0.5, 0.6) is 0 Å². The van der Waals surface area contributed by atoms with Crippen molar-refractivity contribution in [3.63, 3.8) is 0 Å². The lowest BCUT2D eigenvalue weighted by molar-refractivity contribution is -0.902. The Morgan fingerprint density at radius 3 is 2.47 bits per heavy atom. The maximum absolute atomic E-state index is 3.49. The first-order valence-corrected chi connectivity index (χ1v) is 7.06. The van der Waals surface area contributed by atoms with Gasteiger partial charge < -0.3 is 9.80 Å². The van der Waals surface area contributed by atoms with Crippen molar-refractivity contribution in [1.82, 2.24) is 5.32 Å². The second-order valence-corrected chi connectivity index (χ2v) is 5.66. The Kier molecular flexibility index (Phi) is 6.48. The third-order valence-electron chi connectivity index (χ3n) is 2.88. The summed E-state index contributed by atoms with van der Waals surface area (Å²) >= 11 is 0. The highest BCUT2D eigenvalue weighted by molar-refractivity contribution is 6.08. The van der Waals surface area contributed by atoms with E-state index in [2.05, 4.69) is 60.0 Å². The molecule has 0 aliphatic rings. The lowest BCUT2D eigenvalue weighted by Crippen LogP contribution is -2.43. The van der Waals surface area contributed by atoms with Gasteiger partial charge in [-0.25, -0.2) is 0 Å². The summed E-state index contributed by atoms with van der Waals surface area (Å²) in [5.74, 6) is 0. The summed E-state index contributed by atoms with van der Waals surface area (Å²) in [5, 5.41) is 3.48. The Hall–Kier alpha value is -0.643. The molecule has 1 aromatic carbocycles. The van der Waals surface area contributed by atoms with Gasteiger partial charge in [0.2, 0.25) is 0 Å². The summed E-state index contributed by atoms with van der Waals surface area (Å²) in [6, 6.07) is 11.8. The zero-order valence-corrected chi connectivity index (χ0v) is 12.1. The van der Waals surface area contributed by atoms with Gasteiger partial charge in [-0.15, -0.1) is 0 Å². The van der Waals surface area contributed by atoms with Crippen molar-refractivity contribution >= 4 is 10.2 Å². The molecule has 1 N–H and O–H groups in total. The molecule has 0 amide bonds. The van der Waals surface area contributed by atoms with E-state index in [1.165, 1.54) is 12.0 Å². The quantitative estimate of drug-likeness (QED) is 0.420. The van der Waals surface area contributed by atoms with Crippen LogP contribution in [-0.2, 0) is 6.54 Å². The SMILES string of the molecule is C[N+](C)(CCNCCC[Si])Cc1ccccc1. The van der Waals surface area contributed by atoms with E-state index in [0.29, 0.717) is 0 Å². The van der Waals surface area contributed by atoms with Gasteiger partial charge >= 0.3 is 0 Å². The van der Waals surface area contributed by atoms with E-state index in [1.54, 1.807) is 0 Å². The highest BCUT2D eigenvalue weighted by Crippen LogP contribution is 2.07. The van der Waals surface area contributed by atoms with Crippen LogP contribution in [0.4, 0.5) is 0 Å². The van der Waals surface area contributed by atoms with Gasteiger partial charge in [0.25, 0.3) is 0 Å². The van der Waals surface area contributed by atoms with E-state index in [0.717, 1.165) is 36.7 Å². The lowest BCUT2D eigenvalue weighted by Gasteiger charge is -2.30. The van der Waals surface area contributed by atoms with Crippen LogP contribution in [0.15, 0.2) is 30.3 Å². The molecule has 0 aliphatic carbocycles. The second kappa shape index (κ2) is 7.64. The molecule has 1 rings (SSSR count). The first-order valence-electron chi connectivity index (χ1n) is 6.35. The molecule has 0 spiro atoms. The number of nitrogens with one attached hydrogen (secondary N) is 1. The van der Waals surface area contributed by atoms with E-state index >= 15 is 0 Å². The molecule has 0 heterocycles. The Bertz CT molecular complexity index is 298. The standard InChI is InChI=1S/C14H24N2Si/c1-16(2,11-10-15-9-6-12-17)13-14-7-4-3-5-8-14/h3-5,7-8,15H,6,9-13H2,1-2H3/q+1. The van der Waals surface area contributed by atoms with Gasteiger partial charge in [0, 0.05) is 22.4 Å². The highest BCUT2D eigenvalue weighted by atomic mass is 28.1. The molecule has 3 radical (unpaired) electrons. The first-order chi connectivity index (χ1) is 8.14. The Balaban J connectivity index is 2.26. The van der Waals surface area contributed by atoms with Crippen molar-refractivity contribution < 1.29 is 4.48 Å². The Morgan fingerprint density at radius 1 is 1.12 bits per heavy atom. The van der Waals surface area contributed by atoms with Crippen LogP contribution in [0.1, 0.15) is 12.0 Å². The number of quaternary nitrogens is 1. The first kappa shape index (κ1) is 14.4. The van der Waals surface area contributed by atoms with Crippen molar-refractivity contribution in [2.24, 2.45) is 0 Å². The molecule has 2 nitrogen and oxygen atoms in total. The third-order valence-corrected chi connectivity index (χ3v) is 3.23. The predicted molar refractivity (Wildman–Crippen MR) is 75.2 cm³/mol. The molecule has 3 heteroatoms. The van der Waals surface area contributed by atoms with E-state index in [1.807, 2.05) is 0 Å². The van der Waals surface area contributed by atoms with E-state index < -0.39 is 0 Å². The summed E-state index contributed by atoms with van der Waals surface area (Å²) in [4.78, 5) is 0. The number of likely N-dealkylation sites (N-methyl/N-ethyl adjacent to an activating group) is 1. The van der Waals surface area contributed by atoms with Crippen LogP contribution in [0.25, 0.3) is 0 Å². The Labute approximate surface area is 109 Å². The third kappa shape index (κ3) is 6.61. The molecular weight excluding hydrogens is 224 g/mol. The van der Waals surface area contributed by atoms with Gasteiger partial charge in [0.05, 0.1) is 20.6 Å². The molecule has 0 bridgehead atoms. The highest BCUT2D eigenvalue weighted by Gasteiger charge is 2.14. The van der Waals surface area contributed by atoms with E-state index in [-0.39, 0.29) is 0 Å². The average molecular weight is 248 g/mol. The fraction of sp³-hybridized carbons (Fsp3) is 0.571. The summed E-state index contributed by atoms with van der Waals surface area (Å²) in [7, 11) is 8.07. The van der Waals surface area contributed by atoms with E-state index in [4.69, 9.17) is 0 Å². The van der Waals surface area contributed by atoms with Crippen LogP contribution in [0.2, 0.25) is 6.04 Å². The van der Waals surface area contributed by atoms with Gasteiger partial charge in [-0.05, 0) is 13.0 Å². The predicted octanol–water partition coefficient (Wildman–Crippen LogP) is 1.83. The zero-order valence-electron chi connectivity index (χ0n) is 11.1. The minimum absolute atomic E-state index is 1.03. The number of nitrogens with zero attached hydrogens (tertiary/aromatic N) is 1. The molecule has 0 aliphatic heterocycles. The minimum Gasteiger partial charge on any atom is -0.324 e. The number of rotatable bonds is 8. The van der Waals surface area contributed by atoms with Crippen molar-refractivity contribution in [2.45, 2.75) is 19.0 Å². The van der Waals surface area contributed by atoms with Crippen molar-refractivity contribution in [3.05, 3.63) is 35.9 Å². The average Bonchev–Trinajstić information content (AvgIpc) is 2.29. The Morgan fingerprint density at radius 2 is 1.82 bits per heavy atom. The van der Waals surface area contributed by atoms with Crippen LogP contribution in [0, 0.1) is 0 Å². The maximum Gasteiger partial charge on any atom is 0.104 e. The van der Waals surface area contributed by atoms with Gasteiger partial charge in [-0.1, -0.05) is 36.4 Å². The fourth-order valence-corrected chi connectivity index (χ4v) is 2.05. The molecule has 0 saturated heterocycles. The van der Waals surface area contributed by atoms with Gasteiger partial charge in [0.15, 0.2) is 0 Å². The van der Waals surface area contributed by atoms with Crippen molar-refractivity contribution in [1.29, 1.82) is 0 Å². The normalized spacial score (nSPS) is 11.7. The van der Waals surface area contributed by atoms with Gasteiger partial charge in [0.1, 0.15) is 6.54 Å². The van der Waals surface area contributed by atoms with Crippen molar-refractivity contribution in [2.75, 3.05) is 33.7 Å². The molecule has 93 valence electrons. The van der Waals surface area contributed by atoms with Crippen LogP contribution >= 0.6 is 0 Å². The fourth-order valence-electron chi connectivity index (χ4n) is 1.88. The molecule has 0 aromatic heterocycles. The molecule has 0 atom stereocenters. The van der Waals surface area contributed by atoms with E-state index in [9.17, 15) is 0 Å². The summed E-state index contributed by atoms with van der Waals surface area (Å²) in [6.07, 6.45) is 1.20. The molecule has 0 fully saturated rings. The molecule has 0 unspecified atom stereocenters. The largest absolute Gasteiger partial charge is 0.324 e. The summed E-state index contributed by atoms with van der Waals surface area (Å²) < 4.78 is 1.03. The zero-order chi connectivity index (χ0) is 12.6. The lowest BCUT2D eigenvalue weighted by atomic mass is 10.2. The van der Waals surface area contributed by atoms with Crippen LogP contribution < -0.4 is 5.32 Å². The van der Waals surface area contributed by atoms with Crippen LogP contribution in [0.3, 0.4) is 0 Å². The smallest absolute Gasteiger partial charge is 0.104 e. The molecular formula is C14H24N2Si+. The monoisotopic (exact) mass is 248 g/mol. The maximum atomic E-state index is 3.49. The molecule has 17 heavy (non-hydrogen) atoms. The number of hydrogen-bond acceptors (Lipinski definition) is 1.